The number of nitrogens with one attached hydrogen (secondary N) is 2. The summed E-state index contributed by atoms with van der Waals surface area (Å²) in [5.41, 5.74) is 2.69. The number of carbonyl (C=O) groups is 2. The van der Waals surface area contributed by atoms with E-state index in [1.165, 1.54) is 17.5 Å². The second kappa shape index (κ2) is 13.4. The van der Waals surface area contributed by atoms with Gasteiger partial charge in [0.2, 0.25) is 0 Å². The van der Waals surface area contributed by atoms with E-state index in [1.807, 2.05) is 19.1 Å². The second-order valence-corrected chi connectivity index (χ2v) is 11.3. The molecule has 2 fully saturated rings. The molecule has 2 saturated heterocycles. The van der Waals surface area contributed by atoms with Gasteiger partial charge in [0.25, 0.3) is 17.6 Å². The molecule has 4 heterocycles. The molecule has 1 aromatic carbocycles. The van der Waals surface area contributed by atoms with Gasteiger partial charge in [-0.05, 0) is 71.9 Å². The third-order valence-electron chi connectivity index (χ3n) is 8.02. The maximum absolute atomic E-state index is 13.4. The van der Waals surface area contributed by atoms with Crippen LogP contribution in [0.1, 0.15) is 58.6 Å². The highest BCUT2D eigenvalue weighted by Gasteiger charge is 2.26. The molecule has 3 aromatic rings. The molecule has 1 atom stereocenters. The largest absolute Gasteiger partial charge is 0.367 e. The highest BCUT2D eigenvalue weighted by Crippen LogP contribution is 2.35. The van der Waals surface area contributed by atoms with Crippen LogP contribution in [0.15, 0.2) is 18.3 Å². The standard InChI is InChI=1S/C28H35ClN12O2/c1-18-16-40(14-13-38(18)3)22-8-7-21(19(2)24(22)33-28(43)25-26(29)32-23(15-30)35-36-25)41-17-20(34-37-41)27(42)31-9-6-12-39-10-4-5-11-39/h7-8,17-18H,4-6,9-14,16H2,1-3H3,(H,31,42)(H,33,43)/t18-/m1/s1. The van der Waals surface area contributed by atoms with E-state index in [2.05, 4.69) is 64.8 Å². The lowest BCUT2D eigenvalue weighted by Crippen LogP contribution is -2.50. The zero-order chi connectivity index (χ0) is 30.5. The average Bonchev–Trinajstić information content (AvgIpc) is 3.70. The number of rotatable bonds is 9. The van der Waals surface area contributed by atoms with E-state index in [9.17, 15) is 9.59 Å². The zero-order valence-corrected chi connectivity index (χ0v) is 25.3. The summed E-state index contributed by atoms with van der Waals surface area (Å²) in [5, 5.41) is 30.5. The summed E-state index contributed by atoms with van der Waals surface area (Å²) in [5.74, 6) is -1.14. The monoisotopic (exact) mass is 606 g/mol. The molecule has 43 heavy (non-hydrogen) atoms. The predicted octanol–water partition coefficient (Wildman–Crippen LogP) is 1.89. The van der Waals surface area contributed by atoms with Crippen LogP contribution < -0.4 is 15.5 Å². The van der Waals surface area contributed by atoms with Gasteiger partial charge in [-0.15, -0.1) is 15.3 Å². The van der Waals surface area contributed by atoms with Crippen LogP contribution >= 0.6 is 11.6 Å². The normalized spacial score (nSPS) is 17.6. The number of nitrogens with zero attached hydrogens (tertiary/aromatic N) is 10. The molecule has 2 aliphatic heterocycles. The van der Waals surface area contributed by atoms with Gasteiger partial charge in [0, 0.05) is 37.8 Å². The first-order chi connectivity index (χ1) is 20.7. The van der Waals surface area contributed by atoms with Gasteiger partial charge in [0.1, 0.15) is 6.07 Å². The summed E-state index contributed by atoms with van der Waals surface area (Å²) in [6.45, 7) is 10.2. The quantitative estimate of drug-likeness (QED) is 0.342. The van der Waals surface area contributed by atoms with Gasteiger partial charge in [0.15, 0.2) is 16.5 Å². The zero-order valence-electron chi connectivity index (χ0n) is 24.5. The highest BCUT2D eigenvalue weighted by molar-refractivity contribution is 6.33. The minimum atomic E-state index is -0.620. The number of hydrogen-bond donors (Lipinski definition) is 2. The number of likely N-dealkylation sites (N-methyl/N-ethyl adjacent to an activating group) is 1. The number of amides is 2. The van der Waals surface area contributed by atoms with E-state index in [0.717, 1.165) is 51.4 Å². The molecule has 2 aromatic heterocycles. The summed E-state index contributed by atoms with van der Waals surface area (Å²) in [6.07, 6.45) is 4.93. The van der Waals surface area contributed by atoms with Crippen molar-refractivity contribution in [3.8, 4) is 11.8 Å². The third kappa shape index (κ3) is 6.90. The Balaban J connectivity index is 1.38. The summed E-state index contributed by atoms with van der Waals surface area (Å²) >= 11 is 6.17. The van der Waals surface area contributed by atoms with Gasteiger partial charge in [0.05, 0.1) is 23.3 Å². The molecule has 2 aliphatic rings. The van der Waals surface area contributed by atoms with Crippen LogP contribution in [-0.4, -0.2) is 111 Å². The Bertz CT molecular complexity index is 1530. The predicted molar refractivity (Wildman–Crippen MR) is 161 cm³/mol. The Hall–Kier alpha value is -4.19. The first-order valence-corrected chi connectivity index (χ1v) is 14.8. The van der Waals surface area contributed by atoms with Crippen LogP contribution in [-0.2, 0) is 0 Å². The van der Waals surface area contributed by atoms with Gasteiger partial charge in [-0.1, -0.05) is 16.8 Å². The Morgan fingerprint density at radius 3 is 2.58 bits per heavy atom. The molecule has 2 N–H and O–H groups in total. The highest BCUT2D eigenvalue weighted by atomic mass is 35.5. The molecule has 15 heteroatoms. The average molecular weight is 607 g/mol. The van der Waals surface area contributed by atoms with Gasteiger partial charge >= 0.3 is 0 Å². The van der Waals surface area contributed by atoms with Crippen LogP contribution in [0.2, 0.25) is 5.15 Å². The number of nitriles is 1. The molecule has 0 bridgehead atoms. The van der Waals surface area contributed by atoms with E-state index in [1.54, 1.807) is 12.3 Å². The van der Waals surface area contributed by atoms with Crippen molar-refractivity contribution in [1.82, 2.24) is 45.3 Å². The van der Waals surface area contributed by atoms with E-state index in [4.69, 9.17) is 16.9 Å². The number of aromatic nitrogens is 6. The molecular weight excluding hydrogens is 572 g/mol. The molecule has 0 radical (unpaired) electrons. The first-order valence-electron chi connectivity index (χ1n) is 14.4. The van der Waals surface area contributed by atoms with Crippen molar-refractivity contribution in [3.05, 3.63) is 46.3 Å². The summed E-state index contributed by atoms with van der Waals surface area (Å²) in [6, 6.07) is 5.87. The first kappa shape index (κ1) is 30.3. The molecule has 0 spiro atoms. The minimum absolute atomic E-state index is 0.201. The van der Waals surface area contributed by atoms with Crippen molar-refractivity contribution in [3.63, 3.8) is 0 Å². The second-order valence-electron chi connectivity index (χ2n) is 10.9. The van der Waals surface area contributed by atoms with Crippen LogP contribution in [0.5, 0.6) is 0 Å². The molecule has 2 amide bonds. The van der Waals surface area contributed by atoms with Crippen molar-refractivity contribution < 1.29 is 9.59 Å². The number of halogens is 1. The van der Waals surface area contributed by atoms with Gasteiger partial charge in [-0.2, -0.15) is 5.26 Å². The SMILES string of the molecule is Cc1c(-n2cc(C(=O)NCCCN3CCCC3)nn2)ccc(N2CCN(C)[C@H](C)C2)c1NC(=O)c1nnc(C#N)nc1Cl. The Morgan fingerprint density at radius 2 is 1.86 bits per heavy atom. The Kier molecular flexibility index (Phi) is 9.44. The number of carbonyl (C=O) groups excluding carboxylic acids is 2. The number of benzene rings is 1. The van der Waals surface area contributed by atoms with Crippen molar-refractivity contribution in [1.29, 1.82) is 5.26 Å². The van der Waals surface area contributed by atoms with Crippen molar-refractivity contribution in [2.45, 2.75) is 39.2 Å². The molecule has 0 saturated carbocycles. The lowest BCUT2D eigenvalue weighted by molar-refractivity contribution is 0.0946. The maximum Gasteiger partial charge on any atom is 0.279 e. The van der Waals surface area contributed by atoms with Crippen molar-refractivity contribution >= 4 is 34.8 Å². The molecule has 0 unspecified atom stereocenters. The van der Waals surface area contributed by atoms with E-state index >= 15 is 0 Å². The topological polar surface area (TPSA) is 161 Å². The van der Waals surface area contributed by atoms with Crippen LogP contribution in [0.4, 0.5) is 11.4 Å². The summed E-state index contributed by atoms with van der Waals surface area (Å²) in [7, 11) is 2.09. The van der Waals surface area contributed by atoms with E-state index in [0.29, 0.717) is 29.5 Å². The molecular formula is C28H35ClN12O2. The number of likely N-dealkylation sites (tertiary alicyclic amines) is 1. The number of anilines is 2. The fourth-order valence-corrected chi connectivity index (χ4v) is 5.58. The van der Waals surface area contributed by atoms with Crippen LogP contribution in [0.25, 0.3) is 5.69 Å². The van der Waals surface area contributed by atoms with E-state index < -0.39 is 5.91 Å². The number of piperazine rings is 1. The lowest BCUT2D eigenvalue weighted by Gasteiger charge is -2.40. The fraction of sp³-hybridized carbons (Fsp3) is 0.500. The Labute approximate surface area is 255 Å². The van der Waals surface area contributed by atoms with Gasteiger partial charge in [-0.25, -0.2) is 9.67 Å². The molecule has 0 aliphatic carbocycles. The summed E-state index contributed by atoms with van der Waals surface area (Å²) < 4.78 is 1.52. The summed E-state index contributed by atoms with van der Waals surface area (Å²) in [4.78, 5) is 36.9. The molecule has 5 rings (SSSR count). The van der Waals surface area contributed by atoms with Crippen LogP contribution in [0, 0.1) is 18.3 Å². The minimum Gasteiger partial charge on any atom is -0.367 e. The number of hydrogen-bond acceptors (Lipinski definition) is 11. The van der Waals surface area contributed by atoms with Crippen molar-refractivity contribution in [2.24, 2.45) is 0 Å². The molecule has 226 valence electrons. The Morgan fingerprint density at radius 1 is 1.09 bits per heavy atom. The smallest absolute Gasteiger partial charge is 0.279 e. The van der Waals surface area contributed by atoms with Crippen LogP contribution in [0.3, 0.4) is 0 Å². The van der Waals surface area contributed by atoms with E-state index in [-0.39, 0.29) is 28.3 Å². The fourth-order valence-electron chi connectivity index (χ4n) is 5.38. The molecule has 14 nitrogen and oxygen atoms in total. The lowest BCUT2D eigenvalue weighted by atomic mass is 10.1. The van der Waals surface area contributed by atoms with Gasteiger partial charge in [-0.3, -0.25) is 9.59 Å². The third-order valence-corrected chi connectivity index (χ3v) is 8.28. The maximum atomic E-state index is 13.4. The van der Waals surface area contributed by atoms with Gasteiger partial charge < -0.3 is 25.3 Å². The van der Waals surface area contributed by atoms with Crippen molar-refractivity contribution in [2.75, 3.05) is 63.1 Å².